The van der Waals surface area contributed by atoms with Gasteiger partial charge in [-0.2, -0.15) is 0 Å². The number of hydrogen-bond donors (Lipinski definition) is 2. The van der Waals surface area contributed by atoms with E-state index in [1.165, 1.54) is 6.07 Å². The minimum Gasteiger partial charge on any atom is -0.381 e. The van der Waals surface area contributed by atoms with E-state index in [-0.39, 0.29) is 17.5 Å². The first-order valence-electron chi connectivity index (χ1n) is 7.26. The van der Waals surface area contributed by atoms with Crippen molar-refractivity contribution in [3.05, 3.63) is 52.1 Å². The quantitative estimate of drug-likeness (QED) is 0.662. The van der Waals surface area contributed by atoms with Crippen LogP contribution >= 0.6 is 0 Å². The van der Waals surface area contributed by atoms with Crippen molar-refractivity contribution in [2.24, 2.45) is 0 Å². The van der Waals surface area contributed by atoms with Gasteiger partial charge in [-0.25, -0.2) is 0 Å². The fourth-order valence-electron chi connectivity index (χ4n) is 2.83. The van der Waals surface area contributed by atoms with Crippen LogP contribution in [0.15, 0.2) is 36.4 Å². The van der Waals surface area contributed by atoms with Gasteiger partial charge in [-0.05, 0) is 23.3 Å². The Balaban J connectivity index is 1.87. The number of nitro groups is 1. The molecule has 0 atom stereocenters. The summed E-state index contributed by atoms with van der Waals surface area (Å²) in [6.07, 6.45) is 1.10. The first kappa shape index (κ1) is 15.2. The summed E-state index contributed by atoms with van der Waals surface area (Å²) in [7, 11) is 0. The summed E-state index contributed by atoms with van der Waals surface area (Å²) in [4.78, 5) is 23.0. The molecule has 3 rings (SSSR count). The highest BCUT2D eigenvalue weighted by Gasteiger charge is 2.42. The number of hydrogen-bond acceptors (Lipinski definition) is 5. The second kappa shape index (κ2) is 6.17. The summed E-state index contributed by atoms with van der Waals surface area (Å²) >= 11 is 0. The van der Waals surface area contributed by atoms with Crippen LogP contribution < -0.4 is 5.32 Å². The Morgan fingerprint density at radius 2 is 2.00 bits per heavy atom. The molecule has 0 radical (unpaired) electrons. The van der Waals surface area contributed by atoms with Crippen molar-refractivity contribution < 1.29 is 14.5 Å². The highest BCUT2D eigenvalue weighted by Crippen LogP contribution is 2.36. The molecule has 2 aromatic rings. The monoisotopic (exact) mass is 316 g/mol. The van der Waals surface area contributed by atoms with Crippen molar-refractivity contribution in [1.82, 2.24) is 10.2 Å². The fourth-order valence-corrected chi connectivity index (χ4v) is 2.83. The van der Waals surface area contributed by atoms with Crippen LogP contribution in [0.2, 0.25) is 0 Å². The van der Waals surface area contributed by atoms with Gasteiger partial charge < -0.3 is 20.2 Å². The second-order valence-electron chi connectivity index (χ2n) is 5.41. The Morgan fingerprint density at radius 1 is 1.30 bits per heavy atom. The zero-order valence-corrected chi connectivity index (χ0v) is 12.3. The summed E-state index contributed by atoms with van der Waals surface area (Å²) in [5.74, 6) is -0.349. The van der Waals surface area contributed by atoms with Crippen molar-refractivity contribution in [3.63, 3.8) is 0 Å². The van der Waals surface area contributed by atoms with Crippen LogP contribution in [0.25, 0.3) is 0 Å². The summed E-state index contributed by atoms with van der Waals surface area (Å²) in [6.45, 7) is 0.978. The van der Waals surface area contributed by atoms with E-state index >= 15 is 0 Å². The zero-order valence-electron chi connectivity index (χ0n) is 12.3. The molecule has 8 heteroatoms. The number of benzene rings is 1. The van der Waals surface area contributed by atoms with Gasteiger partial charge in [0, 0.05) is 13.2 Å². The number of aromatic nitrogens is 2. The maximum atomic E-state index is 12.9. The number of carbonyl (C=O) groups is 1. The van der Waals surface area contributed by atoms with Crippen molar-refractivity contribution in [3.8, 4) is 0 Å². The van der Waals surface area contributed by atoms with Crippen LogP contribution in [0.1, 0.15) is 18.4 Å². The molecule has 2 N–H and O–H groups in total. The smallest absolute Gasteiger partial charge is 0.344 e. The molecule has 1 amide bonds. The van der Waals surface area contributed by atoms with E-state index in [9.17, 15) is 14.9 Å². The fraction of sp³-hybridized carbons (Fsp3) is 0.333. The lowest BCUT2D eigenvalue weighted by atomic mass is 9.73. The first-order chi connectivity index (χ1) is 11.1. The Labute approximate surface area is 132 Å². The molecule has 1 aromatic carbocycles. The van der Waals surface area contributed by atoms with Gasteiger partial charge in [0.25, 0.3) is 0 Å². The number of amides is 1. The standard InChI is InChI=1S/C15H16N4O4/c20-14(16-12-10-13(18-17-12)19(21)22)15(6-8-23-9-7-15)11-4-2-1-3-5-11/h1-5,10H,6-9H2,(H2,16,17,18,20). The average molecular weight is 316 g/mol. The maximum absolute atomic E-state index is 12.9. The van der Waals surface area contributed by atoms with Gasteiger partial charge in [0.1, 0.15) is 0 Å². The molecule has 1 fully saturated rings. The number of nitrogens with zero attached hydrogens (tertiary/aromatic N) is 2. The van der Waals surface area contributed by atoms with E-state index in [1.807, 2.05) is 30.3 Å². The van der Waals surface area contributed by atoms with Crippen molar-refractivity contribution in [1.29, 1.82) is 0 Å². The van der Waals surface area contributed by atoms with Gasteiger partial charge in [0.2, 0.25) is 5.91 Å². The minimum atomic E-state index is -0.715. The molecule has 1 saturated heterocycles. The Morgan fingerprint density at radius 3 is 2.61 bits per heavy atom. The molecule has 1 aliphatic rings. The normalized spacial score (nSPS) is 16.7. The first-order valence-corrected chi connectivity index (χ1v) is 7.26. The molecule has 120 valence electrons. The minimum absolute atomic E-state index is 0.142. The van der Waals surface area contributed by atoms with Gasteiger partial charge in [0.05, 0.1) is 11.5 Å². The highest BCUT2D eigenvalue weighted by atomic mass is 16.6. The maximum Gasteiger partial charge on any atom is 0.344 e. The number of H-pyrrole nitrogens is 1. The van der Waals surface area contributed by atoms with Gasteiger partial charge in [-0.1, -0.05) is 35.4 Å². The lowest BCUT2D eigenvalue weighted by molar-refractivity contribution is -0.389. The third-order valence-electron chi connectivity index (χ3n) is 4.11. The van der Waals surface area contributed by atoms with E-state index in [0.717, 1.165) is 5.56 Å². The Kier molecular flexibility index (Phi) is 4.07. The van der Waals surface area contributed by atoms with Crippen LogP contribution in [0.5, 0.6) is 0 Å². The predicted octanol–water partition coefficient (Wildman–Crippen LogP) is 2.00. The van der Waals surface area contributed by atoms with Gasteiger partial charge in [-0.15, -0.1) is 5.10 Å². The SMILES string of the molecule is O=C(Nc1cc([N+](=O)[O-])[nH]n1)C1(c2ccccc2)CCOCC1. The van der Waals surface area contributed by atoms with Crippen molar-refractivity contribution in [2.75, 3.05) is 18.5 Å². The third kappa shape index (κ3) is 2.93. The highest BCUT2D eigenvalue weighted by molar-refractivity contribution is 5.98. The molecule has 23 heavy (non-hydrogen) atoms. The van der Waals surface area contributed by atoms with E-state index < -0.39 is 10.3 Å². The van der Waals surface area contributed by atoms with Gasteiger partial charge >= 0.3 is 5.82 Å². The molecule has 0 aliphatic carbocycles. The molecular formula is C15H16N4O4. The third-order valence-corrected chi connectivity index (χ3v) is 4.11. The molecule has 1 aliphatic heterocycles. The zero-order chi connectivity index (χ0) is 16.3. The molecule has 2 heterocycles. The lowest BCUT2D eigenvalue weighted by Crippen LogP contribution is -2.44. The number of aromatic amines is 1. The van der Waals surface area contributed by atoms with Crippen LogP contribution in [-0.4, -0.2) is 34.2 Å². The molecule has 0 saturated carbocycles. The van der Waals surface area contributed by atoms with Crippen LogP contribution in [0.3, 0.4) is 0 Å². The molecule has 8 nitrogen and oxygen atoms in total. The van der Waals surface area contributed by atoms with E-state index in [0.29, 0.717) is 26.1 Å². The molecule has 0 spiro atoms. The average Bonchev–Trinajstić information content (AvgIpc) is 3.05. The summed E-state index contributed by atoms with van der Waals surface area (Å²) < 4.78 is 5.39. The number of anilines is 1. The second-order valence-corrected chi connectivity index (χ2v) is 5.41. The van der Waals surface area contributed by atoms with Gasteiger partial charge in [0.15, 0.2) is 5.82 Å². The molecular weight excluding hydrogens is 300 g/mol. The summed E-state index contributed by atoms with van der Waals surface area (Å²) in [5, 5.41) is 19.4. The van der Waals surface area contributed by atoms with E-state index in [1.54, 1.807) is 0 Å². The summed E-state index contributed by atoms with van der Waals surface area (Å²) in [6, 6.07) is 10.7. The number of rotatable bonds is 4. The Bertz CT molecular complexity index is 707. The number of nitrogens with one attached hydrogen (secondary N) is 2. The number of carbonyl (C=O) groups excluding carboxylic acids is 1. The molecule has 0 bridgehead atoms. The van der Waals surface area contributed by atoms with E-state index in [2.05, 4.69) is 15.5 Å². The van der Waals surface area contributed by atoms with Gasteiger partial charge in [-0.3, -0.25) is 4.79 Å². The van der Waals surface area contributed by atoms with Crippen LogP contribution in [0.4, 0.5) is 11.6 Å². The Hall–Kier alpha value is -2.74. The van der Waals surface area contributed by atoms with Crippen molar-refractivity contribution >= 4 is 17.5 Å². The predicted molar refractivity (Wildman–Crippen MR) is 82.0 cm³/mol. The summed E-state index contributed by atoms with van der Waals surface area (Å²) in [5.41, 5.74) is 0.193. The molecule has 1 aromatic heterocycles. The van der Waals surface area contributed by atoms with E-state index in [4.69, 9.17) is 4.74 Å². The number of ether oxygens (including phenoxy) is 1. The largest absolute Gasteiger partial charge is 0.381 e. The van der Waals surface area contributed by atoms with Crippen LogP contribution in [-0.2, 0) is 14.9 Å². The van der Waals surface area contributed by atoms with Crippen LogP contribution in [0, 0.1) is 10.1 Å². The van der Waals surface area contributed by atoms with Crippen molar-refractivity contribution in [2.45, 2.75) is 18.3 Å². The topological polar surface area (TPSA) is 110 Å². The molecule has 0 unspecified atom stereocenters. The lowest BCUT2D eigenvalue weighted by Gasteiger charge is -2.35.